The first-order valence-corrected chi connectivity index (χ1v) is 12.9. The molecule has 36 heavy (non-hydrogen) atoms. The van der Waals surface area contributed by atoms with Crippen LogP contribution in [-0.4, -0.2) is 75.6 Å². The van der Waals surface area contributed by atoms with Gasteiger partial charge in [0.25, 0.3) is 5.69 Å². The molecule has 4 rings (SSSR count). The standard InChI is InChI=1S/C24H31Cl2N7O3/c1-2-18-15-31(24-22(26)12-20(13-28-24)33(35)36)9-10-32(18)19-5-7-30(8-6-19)14-16-3-4-17(25)11-21(16)23(27)29-34/h3-4,11-13,18-19,34H,2,5-10,14-15H2,1H3,(H2,27,29). The maximum Gasteiger partial charge on any atom is 0.289 e. The first-order valence-electron chi connectivity index (χ1n) is 12.1. The average Bonchev–Trinajstić information content (AvgIpc) is 2.89. The van der Waals surface area contributed by atoms with Crippen LogP contribution in [0.1, 0.15) is 37.3 Å². The van der Waals surface area contributed by atoms with Gasteiger partial charge in [-0.2, -0.15) is 0 Å². The number of piperidine rings is 1. The molecular formula is C24H31Cl2N7O3. The van der Waals surface area contributed by atoms with E-state index >= 15 is 0 Å². The van der Waals surface area contributed by atoms with E-state index in [4.69, 9.17) is 34.1 Å². The number of hydrogen-bond donors (Lipinski definition) is 2. The fourth-order valence-corrected chi connectivity index (χ4v) is 5.74. The van der Waals surface area contributed by atoms with Crippen molar-refractivity contribution >= 4 is 40.5 Å². The summed E-state index contributed by atoms with van der Waals surface area (Å²) in [6.07, 6.45) is 4.38. The van der Waals surface area contributed by atoms with E-state index < -0.39 is 4.92 Å². The van der Waals surface area contributed by atoms with E-state index in [1.807, 2.05) is 12.1 Å². The number of nitro groups is 1. The summed E-state index contributed by atoms with van der Waals surface area (Å²) in [7, 11) is 0. The Morgan fingerprint density at radius 1 is 1.25 bits per heavy atom. The second kappa shape index (κ2) is 11.6. The third-order valence-corrected chi connectivity index (χ3v) is 7.71. The van der Waals surface area contributed by atoms with Crippen LogP contribution < -0.4 is 10.6 Å². The maximum atomic E-state index is 11.0. The summed E-state index contributed by atoms with van der Waals surface area (Å²) in [4.78, 5) is 22.0. The molecule has 0 aliphatic carbocycles. The lowest BCUT2D eigenvalue weighted by molar-refractivity contribution is -0.385. The number of hydrogen-bond acceptors (Lipinski definition) is 8. The normalized spacial score (nSPS) is 20.6. The van der Waals surface area contributed by atoms with Gasteiger partial charge in [0.2, 0.25) is 0 Å². The van der Waals surface area contributed by atoms with Gasteiger partial charge in [0.1, 0.15) is 12.0 Å². The Bertz CT molecular complexity index is 1120. The zero-order chi connectivity index (χ0) is 25.8. The molecule has 0 bridgehead atoms. The Hall–Kier alpha value is -2.66. The first-order chi connectivity index (χ1) is 17.3. The summed E-state index contributed by atoms with van der Waals surface area (Å²) >= 11 is 12.5. The van der Waals surface area contributed by atoms with Crippen molar-refractivity contribution in [1.29, 1.82) is 0 Å². The van der Waals surface area contributed by atoms with Crippen molar-refractivity contribution in [3.05, 3.63) is 61.7 Å². The lowest BCUT2D eigenvalue weighted by Crippen LogP contribution is -2.58. The lowest BCUT2D eigenvalue weighted by atomic mass is 9.97. The van der Waals surface area contributed by atoms with E-state index in [1.54, 1.807) is 6.07 Å². The minimum atomic E-state index is -0.481. The van der Waals surface area contributed by atoms with Gasteiger partial charge in [0.15, 0.2) is 5.84 Å². The number of anilines is 1. The number of halogens is 2. The number of pyridine rings is 1. The number of aromatic nitrogens is 1. The Balaban J connectivity index is 1.37. The van der Waals surface area contributed by atoms with Gasteiger partial charge in [0, 0.05) is 54.9 Å². The monoisotopic (exact) mass is 535 g/mol. The molecule has 12 heteroatoms. The Kier molecular flexibility index (Phi) is 8.50. The molecule has 1 aromatic carbocycles. The molecule has 2 saturated heterocycles. The summed E-state index contributed by atoms with van der Waals surface area (Å²) in [6, 6.07) is 7.71. The largest absolute Gasteiger partial charge is 0.409 e. The quantitative estimate of drug-likeness (QED) is 0.179. The molecule has 0 radical (unpaired) electrons. The highest BCUT2D eigenvalue weighted by Crippen LogP contribution is 2.31. The summed E-state index contributed by atoms with van der Waals surface area (Å²) in [5, 5.41) is 24.2. The van der Waals surface area contributed by atoms with E-state index in [0.717, 1.165) is 57.5 Å². The Morgan fingerprint density at radius 2 is 2.00 bits per heavy atom. The molecule has 2 fully saturated rings. The summed E-state index contributed by atoms with van der Waals surface area (Å²) in [5.74, 6) is 0.674. The molecule has 1 atom stereocenters. The van der Waals surface area contributed by atoms with Gasteiger partial charge >= 0.3 is 0 Å². The first kappa shape index (κ1) is 26.4. The number of piperazine rings is 1. The number of rotatable bonds is 7. The maximum absolute atomic E-state index is 11.0. The van der Waals surface area contributed by atoms with Crippen LogP contribution in [0.25, 0.3) is 0 Å². The number of amidine groups is 1. The van der Waals surface area contributed by atoms with Crippen molar-refractivity contribution in [2.45, 2.75) is 44.8 Å². The number of oxime groups is 1. The van der Waals surface area contributed by atoms with Gasteiger partial charge in [0.05, 0.1) is 9.95 Å². The molecule has 3 heterocycles. The van der Waals surface area contributed by atoms with Gasteiger partial charge in [-0.25, -0.2) is 4.98 Å². The van der Waals surface area contributed by atoms with Crippen molar-refractivity contribution in [2.75, 3.05) is 37.6 Å². The number of likely N-dealkylation sites (tertiary alicyclic amines) is 1. The molecule has 1 aromatic heterocycles. The van der Waals surface area contributed by atoms with Gasteiger partial charge < -0.3 is 15.8 Å². The number of nitrogens with two attached hydrogens (primary N) is 1. The van der Waals surface area contributed by atoms with Crippen LogP contribution in [0.3, 0.4) is 0 Å². The van der Waals surface area contributed by atoms with Gasteiger partial charge in [-0.15, -0.1) is 0 Å². The van der Waals surface area contributed by atoms with Crippen molar-refractivity contribution in [3.63, 3.8) is 0 Å². The SMILES string of the molecule is CCC1CN(c2ncc([N+](=O)[O-])cc2Cl)CCN1C1CCN(Cc2ccc(Cl)cc2C(N)=NO)CC1. The number of nitrogens with zero attached hydrogens (tertiary/aromatic N) is 6. The molecule has 194 valence electrons. The van der Waals surface area contributed by atoms with E-state index in [-0.39, 0.29) is 11.5 Å². The van der Waals surface area contributed by atoms with Crippen LogP contribution in [0.4, 0.5) is 11.5 Å². The van der Waals surface area contributed by atoms with Gasteiger partial charge in [-0.1, -0.05) is 41.3 Å². The molecule has 10 nitrogen and oxygen atoms in total. The lowest BCUT2D eigenvalue weighted by Gasteiger charge is -2.47. The average molecular weight is 536 g/mol. The van der Waals surface area contributed by atoms with Crippen molar-refractivity contribution < 1.29 is 10.1 Å². The Morgan fingerprint density at radius 3 is 2.64 bits per heavy atom. The zero-order valence-corrected chi connectivity index (χ0v) is 21.7. The number of benzene rings is 1. The van der Waals surface area contributed by atoms with Crippen LogP contribution in [0.5, 0.6) is 0 Å². The molecular weight excluding hydrogens is 505 g/mol. The van der Waals surface area contributed by atoms with Gasteiger partial charge in [-0.05, 0) is 50.0 Å². The second-order valence-corrected chi connectivity index (χ2v) is 10.1. The molecule has 1 unspecified atom stereocenters. The smallest absolute Gasteiger partial charge is 0.289 e. The van der Waals surface area contributed by atoms with Gasteiger partial charge in [-0.3, -0.25) is 19.9 Å². The molecule has 0 spiro atoms. The highest BCUT2D eigenvalue weighted by molar-refractivity contribution is 6.33. The topological polar surface area (TPSA) is 124 Å². The predicted octanol–water partition coefficient (Wildman–Crippen LogP) is 3.96. The van der Waals surface area contributed by atoms with E-state index in [1.165, 1.54) is 12.3 Å². The van der Waals surface area contributed by atoms with E-state index in [2.05, 4.69) is 31.8 Å². The predicted molar refractivity (Wildman–Crippen MR) is 141 cm³/mol. The zero-order valence-electron chi connectivity index (χ0n) is 20.2. The van der Waals surface area contributed by atoms with Crippen LogP contribution >= 0.6 is 23.2 Å². The summed E-state index contributed by atoms with van der Waals surface area (Å²) < 4.78 is 0. The minimum Gasteiger partial charge on any atom is -0.409 e. The highest BCUT2D eigenvalue weighted by atomic mass is 35.5. The fourth-order valence-electron chi connectivity index (χ4n) is 5.29. The van der Waals surface area contributed by atoms with E-state index in [0.29, 0.717) is 40.1 Å². The summed E-state index contributed by atoms with van der Waals surface area (Å²) in [6.45, 7) is 7.26. The summed E-state index contributed by atoms with van der Waals surface area (Å²) in [5.41, 5.74) is 7.42. The highest BCUT2D eigenvalue weighted by Gasteiger charge is 2.34. The molecule has 2 aliphatic rings. The molecule has 2 aromatic rings. The van der Waals surface area contributed by atoms with Crippen molar-refractivity contribution in [3.8, 4) is 0 Å². The molecule has 0 amide bonds. The third-order valence-electron chi connectivity index (χ3n) is 7.19. The van der Waals surface area contributed by atoms with Crippen molar-refractivity contribution in [1.82, 2.24) is 14.8 Å². The van der Waals surface area contributed by atoms with Crippen LogP contribution in [-0.2, 0) is 6.54 Å². The second-order valence-electron chi connectivity index (χ2n) is 9.30. The molecule has 3 N–H and O–H groups in total. The minimum absolute atomic E-state index is 0.0636. The van der Waals surface area contributed by atoms with Crippen LogP contribution in [0.2, 0.25) is 10.0 Å². The Labute approximate surface area is 220 Å². The third kappa shape index (κ3) is 5.83. The van der Waals surface area contributed by atoms with E-state index in [9.17, 15) is 10.1 Å². The van der Waals surface area contributed by atoms with Crippen LogP contribution in [0.15, 0.2) is 35.6 Å². The van der Waals surface area contributed by atoms with Crippen LogP contribution in [0, 0.1) is 10.1 Å². The molecule has 2 aliphatic heterocycles. The fraction of sp³-hybridized carbons (Fsp3) is 0.500. The molecule has 0 saturated carbocycles. The van der Waals surface area contributed by atoms with Crippen molar-refractivity contribution in [2.24, 2.45) is 10.9 Å².